The smallest absolute Gasteiger partial charge is 0.130 e. The number of nitrogens with one attached hydrogen (secondary N) is 1. The van der Waals surface area contributed by atoms with Gasteiger partial charge in [-0.2, -0.15) is 0 Å². The summed E-state index contributed by atoms with van der Waals surface area (Å²) in [5.74, 6) is 0.975. The highest BCUT2D eigenvalue weighted by Gasteiger charge is 2.20. The molecule has 4 nitrogen and oxygen atoms in total. The zero-order valence-corrected chi connectivity index (χ0v) is 16.7. The molecule has 1 aromatic carbocycles. The number of aromatic nitrogens is 1. The van der Waals surface area contributed by atoms with Gasteiger partial charge in [-0.3, -0.25) is 4.98 Å². The molecule has 0 saturated carbocycles. The van der Waals surface area contributed by atoms with Gasteiger partial charge in [-0.1, -0.05) is 25.1 Å². The van der Waals surface area contributed by atoms with Gasteiger partial charge in [-0.05, 0) is 57.0 Å². The van der Waals surface area contributed by atoms with Crippen LogP contribution in [0, 0.1) is 6.92 Å². The molecule has 2 aromatic heterocycles. The van der Waals surface area contributed by atoms with Gasteiger partial charge in [0.05, 0.1) is 16.3 Å². The van der Waals surface area contributed by atoms with E-state index in [0.717, 1.165) is 63.5 Å². The fourth-order valence-corrected chi connectivity index (χ4v) is 4.85. The number of aliphatic hydroxyl groups is 1. The van der Waals surface area contributed by atoms with Crippen molar-refractivity contribution in [3.63, 3.8) is 0 Å². The van der Waals surface area contributed by atoms with Crippen LogP contribution < -0.4 is 10.1 Å². The number of nitrogens with zero attached hydrogens (tertiary/aromatic N) is 1. The molecule has 0 spiro atoms. The number of ether oxygens (including phenoxy) is 1. The number of fused-ring (bicyclic) bond motifs is 1. The van der Waals surface area contributed by atoms with Crippen LogP contribution in [0.1, 0.15) is 42.7 Å². The number of thiophene rings is 1. The van der Waals surface area contributed by atoms with Crippen LogP contribution in [0.2, 0.25) is 0 Å². The molecule has 0 radical (unpaired) electrons. The van der Waals surface area contributed by atoms with E-state index in [1.54, 1.807) is 11.3 Å². The Morgan fingerprint density at radius 1 is 1.26 bits per heavy atom. The highest BCUT2D eigenvalue weighted by Crippen LogP contribution is 2.41. The molecule has 3 aromatic rings. The third-order valence-electron chi connectivity index (χ3n) is 5.22. The Labute approximate surface area is 164 Å². The van der Waals surface area contributed by atoms with Gasteiger partial charge in [0.2, 0.25) is 0 Å². The molecule has 2 N–H and O–H groups in total. The van der Waals surface area contributed by atoms with Crippen LogP contribution in [-0.2, 0) is 0 Å². The van der Waals surface area contributed by atoms with E-state index in [4.69, 9.17) is 4.74 Å². The van der Waals surface area contributed by atoms with Gasteiger partial charge in [0.15, 0.2) is 0 Å². The van der Waals surface area contributed by atoms with Crippen molar-refractivity contribution >= 4 is 21.6 Å². The van der Waals surface area contributed by atoms with Crippen molar-refractivity contribution in [2.45, 2.75) is 45.3 Å². The molecule has 1 aliphatic heterocycles. The van der Waals surface area contributed by atoms with Gasteiger partial charge in [0.25, 0.3) is 0 Å². The van der Waals surface area contributed by atoms with Gasteiger partial charge in [0, 0.05) is 22.2 Å². The van der Waals surface area contributed by atoms with Crippen molar-refractivity contribution in [1.82, 2.24) is 10.3 Å². The number of benzene rings is 1. The predicted molar refractivity (Wildman–Crippen MR) is 112 cm³/mol. The second kappa shape index (κ2) is 7.97. The molecule has 1 saturated heterocycles. The number of aryl methyl sites for hydroxylation is 1. The van der Waals surface area contributed by atoms with Crippen molar-refractivity contribution in [2.24, 2.45) is 0 Å². The molecule has 4 rings (SSSR count). The molecule has 0 amide bonds. The first-order chi connectivity index (χ1) is 13.2. The lowest BCUT2D eigenvalue weighted by Crippen LogP contribution is -2.34. The summed E-state index contributed by atoms with van der Waals surface area (Å²) < 4.78 is 7.60. The van der Waals surface area contributed by atoms with Crippen molar-refractivity contribution in [2.75, 3.05) is 13.1 Å². The van der Waals surface area contributed by atoms with E-state index >= 15 is 0 Å². The van der Waals surface area contributed by atoms with Crippen LogP contribution in [0.15, 0.2) is 36.5 Å². The van der Waals surface area contributed by atoms with Gasteiger partial charge >= 0.3 is 0 Å². The second-order valence-corrected chi connectivity index (χ2v) is 8.25. The van der Waals surface area contributed by atoms with E-state index in [-0.39, 0.29) is 6.10 Å². The van der Waals surface area contributed by atoms with E-state index in [0.29, 0.717) is 6.42 Å². The number of para-hydroxylation sites is 1. The summed E-state index contributed by atoms with van der Waals surface area (Å²) in [7, 11) is 0. The lowest BCUT2D eigenvalue weighted by molar-refractivity contribution is 0.162. The average Bonchev–Trinajstić information content (AvgIpc) is 3.14. The van der Waals surface area contributed by atoms with Crippen LogP contribution in [0.5, 0.6) is 5.75 Å². The molecule has 142 valence electrons. The largest absolute Gasteiger partial charge is 0.489 e. The zero-order chi connectivity index (χ0) is 18.8. The number of hydrogen-bond acceptors (Lipinski definition) is 5. The molecule has 0 bridgehead atoms. The first-order valence-electron chi connectivity index (χ1n) is 9.71. The maximum Gasteiger partial charge on any atom is 0.130 e. The molecule has 1 aliphatic rings. The minimum atomic E-state index is -0.431. The highest BCUT2D eigenvalue weighted by atomic mass is 32.1. The molecule has 1 unspecified atom stereocenters. The molecule has 5 heteroatoms. The Balaban J connectivity index is 1.79. The first-order valence-corrected chi connectivity index (χ1v) is 10.5. The van der Waals surface area contributed by atoms with Crippen molar-refractivity contribution in [3.8, 4) is 16.9 Å². The van der Waals surface area contributed by atoms with Crippen LogP contribution in [0.25, 0.3) is 21.3 Å². The van der Waals surface area contributed by atoms with E-state index in [1.165, 1.54) is 0 Å². The molecule has 1 atom stereocenters. The predicted octanol–water partition coefficient (Wildman–Crippen LogP) is 4.85. The second-order valence-electron chi connectivity index (χ2n) is 7.16. The number of pyridine rings is 1. The Kier molecular flexibility index (Phi) is 5.43. The fourth-order valence-electron chi connectivity index (χ4n) is 3.63. The van der Waals surface area contributed by atoms with E-state index in [2.05, 4.69) is 41.5 Å². The summed E-state index contributed by atoms with van der Waals surface area (Å²) in [6.45, 7) is 6.12. The number of aliphatic hydroxyl groups excluding tert-OH is 1. The number of rotatable bonds is 5. The van der Waals surface area contributed by atoms with Crippen LogP contribution in [-0.4, -0.2) is 29.3 Å². The average molecular weight is 383 g/mol. The summed E-state index contributed by atoms with van der Waals surface area (Å²) in [6, 6.07) is 10.4. The summed E-state index contributed by atoms with van der Waals surface area (Å²) in [5.41, 5.74) is 4.34. The van der Waals surface area contributed by atoms with Gasteiger partial charge < -0.3 is 15.2 Å². The van der Waals surface area contributed by atoms with Gasteiger partial charge in [0.1, 0.15) is 11.9 Å². The molecule has 3 heterocycles. The summed E-state index contributed by atoms with van der Waals surface area (Å²) in [6.07, 6.45) is 4.44. The Bertz CT molecular complexity index is 931. The Morgan fingerprint density at radius 2 is 2.07 bits per heavy atom. The quantitative estimate of drug-likeness (QED) is 0.663. The van der Waals surface area contributed by atoms with Crippen molar-refractivity contribution < 1.29 is 9.84 Å². The van der Waals surface area contributed by atoms with Gasteiger partial charge in [-0.25, -0.2) is 0 Å². The minimum Gasteiger partial charge on any atom is -0.489 e. The lowest BCUT2D eigenvalue weighted by Gasteiger charge is -2.26. The maximum absolute atomic E-state index is 10.3. The van der Waals surface area contributed by atoms with Crippen molar-refractivity contribution in [3.05, 3.63) is 47.0 Å². The summed E-state index contributed by atoms with van der Waals surface area (Å²) in [5, 5.41) is 13.7. The maximum atomic E-state index is 10.3. The Morgan fingerprint density at radius 3 is 2.85 bits per heavy atom. The van der Waals surface area contributed by atoms with E-state index < -0.39 is 6.10 Å². The number of hydrogen-bond donors (Lipinski definition) is 2. The highest BCUT2D eigenvalue weighted by molar-refractivity contribution is 7.19. The Hall–Kier alpha value is -1.95. The molecular formula is C22H26N2O2S. The topological polar surface area (TPSA) is 54.4 Å². The number of piperidine rings is 1. The molecule has 1 fully saturated rings. The van der Waals surface area contributed by atoms with Gasteiger partial charge in [-0.15, -0.1) is 11.3 Å². The van der Waals surface area contributed by atoms with Crippen LogP contribution in [0.3, 0.4) is 0 Å². The first kappa shape index (κ1) is 18.4. The lowest BCUT2D eigenvalue weighted by atomic mass is 10.0. The minimum absolute atomic E-state index is 0.254. The molecular weight excluding hydrogens is 356 g/mol. The summed E-state index contributed by atoms with van der Waals surface area (Å²) >= 11 is 1.63. The van der Waals surface area contributed by atoms with Crippen LogP contribution in [0.4, 0.5) is 0 Å². The SMILES string of the molecule is CCC(O)c1cc2nccc(-c3cccc(C)c3OC3CCNCC3)c2s1. The molecule has 27 heavy (non-hydrogen) atoms. The normalized spacial score (nSPS) is 16.6. The van der Waals surface area contributed by atoms with Crippen molar-refractivity contribution in [1.29, 1.82) is 0 Å². The van der Waals surface area contributed by atoms with E-state index in [1.807, 2.05) is 19.2 Å². The fraction of sp³-hybridized carbons (Fsp3) is 0.409. The van der Waals surface area contributed by atoms with E-state index in [9.17, 15) is 5.11 Å². The van der Waals surface area contributed by atoms with Crippen LogP contribution >= 0.6 is 11.3 Å². The third kappa shape index (κ3) is 3.72. The zero-order valence-electron chi connectivity index (χ0n) is 15.9. The third-order valence-corrected chi connectivity index (χ3v) is 6.48. The summed E-state index contributed by atoms with van der Waals surface area (Å²) in [4.78, 5) is 5.50. The monoisotopic (exact) mass is 382 g/mol. The standard InChI is InChI=1S/C22H26N2O2S/c1-3-19(25)20-13-18-22(27-20)17(9-12-24-18)16-6-4-5-14(2)21(16)26-15-7-10-23-11-8-15/h4-6,9,12-13,15,19,23,25H,3,7-8,10-11H2,1-2H3. The molecule has 0 aliphatic carbocycles.